The van der Waals surface area contributed by atoms with Crippen molar-refractivity contribution in [3.05, 3.63) is 65.9 Å². The fourth-order valence-corrected chi connectivity index (χ4v) is 2.90. The SMILES string of the molecule is COc1ccc(-c2nn(Cc3ccccc3)cc2C(=O)NCC(N)=O)cc1OC. The Bertz CT molecular complexity index is 1010. The van der Waals surface area contributed by atoms with E-state index in [1.165, 1.54) is 7.11 Å². The summed E-state index contributed by atoms with van der Waals surface area (Å²) in [5, 5.41) is 7.11. The number of methoxy groups -OCH3 is 2. The predicted molar refractivity (Wildman–Crippen MR) is 108 cm³/mol. The first-order chi connectivity index (χ1) is 14.0. The number of carbonyl (C=O) groups excluding carboxylic acids is 2. The summed E-state index contributed by atoms with van der Waals surface area (Å²) in [7, 11) is 3.09. The number of primary amides is 1. The molecule has 8 heteroatoms. The standard InChI is InChI=1S/C21H22N4O4/c1-28-17-9-8-15(10-18(17)29-2)20-16(21(27)23-11-19(22)26)13-25(24-20)12-14-6-4-3-5-7-14/h3-10,13H,11-12H2,1-2H3,(H2,22,26)(H,23,27). The van der Waals surface area contributed by atoms with Crippen molar-refractivity contribution in [2.45, 2.75) is 6.54 Å². The lowest BCUT2D eigenvalue weighted by molar-refractivity contribution is -0.117. The van der Waals surface area contributed by atoms with Gasteiger partial charge < -0.3 is 20.5 Å². The zero-order valence-electron chi connectivity index (χ0n) is 16.2. The minimum atomic E-state index is -0.623. The highest BCUT2D eigenvalue weighted by Gasteiger charge is 2.20. The molecule has 150 valence electrons. The van der Waals surface area contributed by atoms with Gasteiger partial charge in [-0.3, -0.25) is 14.3 Å². The summed E-state index contributed by atoms with van der Waals surface area (Å²) in [5.41, 5.74) is 7.65. The molecule has 1 heterocycles. The number of amides is 2. The number of carbonyl (C=O) groups is 2. The first kappa shape index (κ1) is 19.9. The predicted octanol–water partition coefficient (Wildman–Crippen LogP) is 1.83. The Morgan fingerprint density at radius 2 is 1.79 bits per heavy atom. The van der Waals surface area contributed by atoms with Crippen molar-refractivity contribution in [3.8, 4) is 22.8 Å². The van der Waals surface area contributed by atoms with E-state index in [-0.39, 0.29) is 6.54 Å². The number of nitrogens with zero attached hydrogens (tertiary/aromatic N) is 2. The summed E-state index contributed by atoms with van der Waals surface area (Å²) in [6.07, 6.45) is 1.65. The third-order valence-electron chi connectivity index (χ3n) is 4.27. The topological polar surface area (TPSA) is 108 Å². The van der Waals surface area contributed by atoms with Crippen molar-refractivity contribution < 1.29 is 19.1 Å². The van der Waals surface area contributed by atoms with E-state index in [4.69, 9.17) is 15.2 Å². The van der Waals surface area contributed by atoms with Crippen LogP contribution in [0.3, 0.4) is 0 Å². The van der Waals surface area contributed by atoms with Crippen molar-refractivity contribution >= 4 is 11.8 Å². The van der Waals surface area contributed by atoms with Crippen LogP contribution in [0, 0.1) is 0 Å². The zero-order chi connectivity index (χ0) is 20.8. The Morgan fingerprint density at radius 3 is 2.45 bits per heavy atom. The lowest BCUT2D eigenvalue weighted by atomic mass is 10.1. The molecule has 0 bridgehead atoms. The summed E-state index contributed by atoms with van der Waals surface area (Å²) in [6.45, 7) is 0.234. The molecule has 0 atom stereocenters. The largest absolute Gasteiger partial charge is 0.493 e. The van der Waals surface area contributed by atoms with Gasteiger partial charge in [0.25, 0.3) is 5.91 Å². The number of hydrogen-bond acceptors (Lipinski definition) is 5. The van der Waals surface area contributed by atoms with Crippen LogP contribution in [0.2, 0.25) is 0 Å². The molecule has 1 aromatic heterocycles. The number of nitrogens with two attached hydrogens (primary N) is 1. The molecule has 0 aliphatic carbocycles. The molecule has 0 spiro atoms. The van der Waals surface area contributed by atoms with Crippen LogP contribution in [0.1, 0.15) is 15.9 Å². The van der Waals surface area contributed by atoms with Crippen molar-refractivity contribution in [1.29, 1.82) is 0 Å². The average Bonchev–Trinajstić information content (AvgIpc) is 3.16. The molecule has 0 aliphatic heterocycles. The molecule has 2 amide bonds. The van der Waals surface area contributed by atoms with E-state index in [2.05, 4.69) is 10.4 Å². The second-order valence-corrected chi connectivity index (χ2v) is 6.29. The summed E-state index contributed by atoms with van der Waals surface area (Å²) in [5.74, 6) is 0.0291. The maximum absolute atomic E-state index is 12.7. The van der Waals surface area contributed by atoms with E-state index in [0.29, 0.717) is 34.9 Å². The minimum Gasteiger partial charge on any atom is -0.493 e. The number of nitrogens with one attached hydrogen (secondary N) is 1. The van der Waals surface area contributed by atoms with Crippen molar-refractivity contribution in [2.75, 3.05) is 20.8 Å². The van der Waals surface area contributed by atoms with E-state index in [0.717, 1.165) is 5.56 Å². The molecule has 29 heavy (non-hydrogen) atoms. The Hall–Kier alpha value is -3.81. The van der Waals surface area contributed by atoms with Crippen LogP contribution in [-0.2, 0) is 11.3 Å². The highest BCUT2D eigenvalue weighted by Crippen LogP contribution is 2.33. The molecule has 2 aromatic carbocycles. The molecule has 8 nitrogen and oxygen atoms in total. The van der Waals surface area contributed by atoms with E-state index >= 15 is 0 Å². The first-order valence-electron chi connectivity index (χ1n) is 8.92. The van der Waals surface area contributed by atoms with Gasteiger partial charge in [0.1, 0.15) is 5.69 Å². The second kappa shape index (κ2) is 8.92. The van der Waals surface area contributed by atoms with Gasteiger partial charge in [-0.2, -0.15) is 5.10 Å². The zero-order valence-corrected chi connectivity index (χ0v) is 16.2. The summed E-state index contributed by atoms with van der Waals surface area (Å²) >= 11 is 0. The van der Waals surface area contributed by atoms with Gasteiger partial charge in [0, 0.05) is 11.8 Å². The summed E-state index contributed by atoms with van der Waals surface area (Å²) in [6, 6.07) is 15.1. The molecule has 0 saturated heterocycles. The number of rotatable bonds is 8. The van der Waals surface area contributed by atoms with Gasteiger partial charge in [0.2, 0.25) is 5.91 Å². The van der Waals surface area contributed by atoms with Gasteiger partial charge in [-0.05, 0) is 23.8 Å². The third kappa shape index (κ3) is 4.73. The van der Waals surface area contributed by atoms with Gasteiger partial charge in [-0.1, -0.05) is 30.3 Å². The molecular weight excluding hydrogens is 372 g/mol. The number of ether oxygens (including phenoxy) is 2. The van der Waals surface area contributed by atoms with Crippen LogP contribution in [0.5, 0.6) is 11.5 Å². The highest BCUT2D eigenvalue weighted by atomic mass is 16.5. The molecule has 0 saturated carbocycles. The van der Waals surface area contributed by atoms with Crippen molar-refractivity contribution in [2.24, 2.45) is 5.73 Å². The Kier molecular flexibility index (Phi) is 6.13. The van der Waals surface area contributed by atoms with E-state index in [1.807, 2.05) is 30.3 Å². The van der Waals surface area contributed by atoms with Crippen molar-refractivity contribution in [3.63, 3.8) is 0 Å². The van der Waals surface area contributed by atoms with Gasteiger partial charge in [-0.25, -0.2) is 0 Å². The average molecular weight is 394 g/mol. The maximum Gasteiger partial charge on any atom is 0.255 e. The van der Waals surface area contributed by atoms with E-state index < -0.39 is 11.8 Å². The van der Waals surface area contributed by atoms with Crippen LogP contribution < -0.4 is 20.5 Å². The van der Waals surface area contributed by atoms with Gasteiger partial charge in [-0.15, -0.1) is 0 Å². The fourth-order valence-electron chi connectivity index (χ4n) is 2.90. The number of benzene rings is 2. The van der Waals surface area contributed by atoms with Crippen LogP contribution in [0.4, 0.5) is 0 Å². The lowest BCUT2D eigenvalue weighted by Gasteiger charge is -2.09. The quantitative estimate of drug-likeness (QED) is 0.606. The molecule has 3 aromatic rings. The van der Waals surface area contributed by atoms with Gasteiger partial charge >= 0.3 is 0 Å². The van der Waals surface area contributed by atoms with Crippen LogP contribution in [-0.4, -0.2) is 42.4 Å². The Balaban J connectivity index is 2.01. The van der Waals surface area contributed by atoms with Gasteiger partial charge in [0.05, 0.1) is 32.9 Å². The van der Waals surface area contributed by atoms with Crippen LogP contribution >= 0.6 is 0 Å². The minimum absolute atomic E-state index is 0.256. The molecule has 0 aliphatic rings. The molecule has 0 unspecified atom stereocenters. The van der Waals surface area contributed by atoms with Crippen LogP contribution in [0.25, 0.3) is 11.3 Å². The fraction of sp³-hybridized carbons (Fsp3) is 0.190. The van der Waals surface area contributed by atoms with Crippen molar-refractivity contribution in [1.82, 2.24) is 15.1 Å². The Morgan fingerprint density at radius 1 is 1.07 bits per heavy atom. The number of hydrogen-bond donors (Lipinski definition) is 2. The normalized spacial score (nSPS) is 10.4. The molecule has 3 rings (SSSR count). The van der Waals surface area contributed by atoms with E-state index in [1.54, 1.807) is 36.2 Å². The second-order valence-electron chi connectivity index (χ2n) is 6.29. The lowest BCUT2D eigenvalue weighted by Crippen LogP contribution is -2.33. The smallest absolute Gasteiger partial charge is 0.255 e. The monoisotopic (exact) mass is 394 g/mol. The van der Waals surface area contributed by atoms with E-state index in [9.17, 15) is 9.59 Å². The molecule has 0 radical (unpaired) electrons. The maximum atomic E-state index is 12.7. The summed E-state index contributed by atoms with van der Waals surface area (Å²) < 4.78 is 12.3. The summed E-state index contributed by atoms with van der Waals surface area (Å²) in [4.78, 5) is 23.7. The molecule has 3 N–H and O–H groups in total. The molecule has 0 fully saturated rings. The van der Waals surface area contributed by atoms with Gasteiger partial charge in [0.15, 0.2) is 11.5 Å². The number of aromatic nitrogens is 2. The molecular formula is C21H22N4O4. The third-order valence-corrected chi connectivity index (χ3v) is 4.27. The Labute approximate surface area is 168 Å². The first-order valence-corrected chi connectivity index (χ1v) is 8.92. The van der Waals surface area contributed by atoms with Crippen LogP contribution in [0.15, 0.2) is 54.7 Å². The highest BCUT2D eigenvalue weighted by molar-refractivity contribution is 6.01.